The van der Waals surface area contributed by atoms with E-state index in [1.165, 1.54) is 54.0 Å². The van der Waals surface area contributed by atoms with Crippen LogP contribution in [0.5, 0.6) is 0 Å². The van der Waals surface area contributed by atoms with Crippen molar-refractivity contribution in [3.8, 4) is 0 Å². The highest BCUT2D eigenvalue weighted by Crippen LogP contribution is 2.30. The minimum absolute atomic E-state index is 0.977. The molecule has 2 rings (SSSR count). The smallest absolute Gasteiger partial charge is 0.0216 e. The number of hydrogen-bond donors (Lipinski definition) is 1. The molecule has 1 fully saturated rings. The molecule has 0 spiro atoms. The van der Waals surface area contributed by atoms with E-state index in [1.807, 2.05) is 11.3 Å². The third-order valence-electron chi connectivity index (χ3n) is 4.32. The van der Waals surface area contributed by atoms with Crippen LogP contribution < -0.4 is 5.32 Å². The summed E-state index contributed by atoms with van der Waals surface area (Å²) in [5.74, 6) is 1.96. The van der Waals surface area contributed by atoms with Crippen molar-refractivity contribution in [3.63, 3.8) is 0 Å². The highest BCUT2D eigenvalue weighted by Gasteiger charge is 2.17. The van der Waals surface area contributed by atoms with Crippen LogP contribution in [0.3, 0.4) is 0 Å². The summed E-state index contributed by atoms with van der Waals surface area (Å²) in [6.07, 6.45) is 7.19. The molecule has 0 aromatic carbocycles. The molecule has 0 radical (unpaired) electrons. The number of thiophene rings is 1. The van der Waals surface area contributed by atoms with Gasteiger partial charge in [-0.25, -0.2) is 0 Å². The Hall–Kier alpha value is -0.340. The number of aryl methyl sites for hydroxylation is 2. The molecular formula is C16H27NS. The normalized spacial score (nSPS) is 24.4. The molecule has 1 heterocycles. The lowest BCUT2D eigenvalue weighted by atomic mass is 9.81. The van der Waals surface area contributed by atoms with E-state index in [-0.39, 0.29) is 0 Å². The summed E-state index contributed by atoms with van der Waals surface area (Å²) in [6.45, 7) is 9.07. The van der Waals surface area contributed by atoms with Gasteiger partial charge in [0, 0.05) is 16.3 Å². The van der Waals surface area contributed by atoms with Crippen molar-refractivity contribution >= 4 is 11.3 Å². The van der Waals surface area contributed by atoms with Crippen molar-refractivity contribution in [2.45, 2.75) is 59.4 Å². The van der Waals surface area contributed by atoms with Crippen LogP contribution in [0.1, 0.15) is 54.3 Å². The van der Waals surface area contributed by atoms with Crippen molar-refractivity contribution in [1.82, 2.24) is 5.32 Å². The van der Waals surface area contributed by atoms with Gasteiger partial charge in [0.1, 0.15) is 0 Å². The summed E-state index contributed by atoms with van der Waals surface area (Å²) in [5.41, 5.74) is 1.50. The zero-order valence-electron chi connectivity index (χ0n) is 12.1. The lowest BCUT2D eigenvalue weighted by Gasteiger charge is -2.26. The summed E-state index contributed by atoms with van der Waals surface area (Å²) < 4.78 is 0. The zero-order valence-corrected chi connectivity index (χ0v) is 12.9. The Balaban J connectivity index is 1.63. The standard InChI is InChI=1S/C16H27NS/c1-12-4-6-15(7-5-12)8-9-17-11-16-10-13(2)18-14(16)3/h10,12,15,17H,4-9,11H2,1-3H3. The summed E-state index contributed by atoms with van der Waals surface area (Å²) >= 11 is 1.92. The quantitative estimate of drug-likeness (QED) is 0.763. The molecule has 102 valence electrons. The van der Waals surface area contributed by atoms with E-state index in [1.54, 1.807) is 0 Å². The minimum atomic E-state index is 0.977. The molecular weight excluding hydrogens is 238 g/mol. The number of rotatable bonds is 5. The fraction of sp³-hybridized carbons (Fsp3) is 0.750. The van der Waals surface area contributed by atoms with Gasteiger partial charge in [-0.3, -0.25) is 0 Å². The van der Waals surface area contributed by atoms with Gasteiger partial charge < -0.3 is 5.32 Å². The van der Waals surface area contributed by atoms with Crippen LogP contribution in [0.4, 0.5) is 0 Å². The molecule has 1 aromatic rings. The molecule has 0 atom stereocenters. The third-order valence-corrected chi connectivity index (χ3v) is 5.33. The molecule has 18 heavy (non-hydrogen) atoms. The van der Waals surface area contributed by atoms with E-state index in [2.05, 4.69) is 32.2 Å². The first kappa shape index (κ1) is 14.1. The second-order valence-corrected chi connectivity index (χ2v) is 7.49. The van der Waals surface area contributed by atoms with Gasteiger partial charge >= 0.3 is 0 Å². The topological polar surface area (TPSA) is 12.0 Å². The van der Waals surface area contributed by atoms with Gasteiger partial charge in [0.25, 0.3) is 0 Å². The molecule has 1 nitrogen and oxygen atoms in total. The Labute approximate surface area is 116 Å². The predicted octanol–water partition coefficient (Wildman–Crippen LogP) is 4.67. The van der Waals surface area contributed by atoms with E-state index in [4.69, 9.17) is 0 Å². The first-order valence-corrected chi connectivity index (χ1v) is 8.23. The van der Waals surface area contributed by atoms with Gasteiger partial charge in [0.2, 0.25) is 0 Å². The maximum Gasteiger partial charge on any atom is 0.0216 e. The molecule has 0 bridgehead atoms. The molecule has 2 heteroatoms. The van der Waals surface area contributed by atoms with Crippen LogP contribution >= 0.6 is 11.3 Å². The maximum absolute atomic E-state index is 3.62. The molecule has 0 aliphatic heterocycles. The molecule has 1 saturated carbocycles. The van der Waals surface area contributed by atoms with Crippen LogP contribution in [0.15, 0.2) is 6.07 Å². The van der Waals surface area contributed by atoms with Crippen LogP contribution in [-0.2, 0) is 6.54 Å². The Kier molecular flexibility index (Phi) is 5.25. The van der Waals surface area contributed by atoms with E-state index in [0.717, 1.165) is 18.4 Å². The van der Waals surface area contributed by atoms with Gasteiger partial charge in [0.15, 0.2) is 0 Å². The van der Waals surface area contributed by atoms with Gasteiger partial charge in [-0.2, -0.15) is 0 Å². The second-order valence-electron chi connectivity index (χ2n) is 6.03. The van der Waals surface area contributed by atoms with Crippen LogP contribution in [-0.4, -0.2) is 6.54 Å². The van der Waals surface area contributed by atoms with Crippen LogP contribution in [0, 0.1) is 25.7 Å². The average molecular weight is 265 g/mol. The first-order chi connectivity index (χ1) is 8.65. The number of nitrogens with one attached hydrogen (secondary N) is 1. The monoisotopic (exact) mass is 265 g/mol. The Bertz CT molecular complexity index is 361. The van der Waals surface area contributed by atoms with Gasteiger partial charge in [-0.05, 0) is 50.3 Å². The Morgan fingerprint density at radius 1 is 1.22 bits per heavy atom. The third kappa shape index (κ3) is 4.10. The highest BCUT2D eigenvalue weighted by molar-refractivity contribution is 7.12. The molecule has 1 aliphatic rings. The molecule has 0 unspecified atom stereocenters. The van der Waals surface area contributed by atoms with E-state index < -0.39 is 0 Å². The van der Waals surface area contributed by atoms with E-state index >= 15 is 0 Å². The minimum Gasteiger partial charge on any atom is -0.313 e. The van der Waals surface area contributed by atoms with Crippen molar-refractivity contribution in [3.05, 3.63) is 21.4 Å². The maximum atomic E-state index is 3.62. The molecule has 1 aromatic heterocycles. The van der Waals surface area contributed by atoms with E-state index in [0.29, 0.717) is 0 Å². The summed E-state index contributed by atoms with van der Waals surface area (Å²) in [7, 11) is 0. The largest absolute Gasteiger partial charge is 0.313 e. The fourth-order valence-electron chi connectivity index (χ4n) is 3.01. The van der Waals surface area contributed by atoms with Gasteiger partial charge in [0.05, 0.1) is 0 Å². The lowest BCUT2D eigenvalue weighted by Crippen LogP contribution is -2.20. The first-order valence-electron chi connectivity index (χ1n) is 7.41. The summed E-state index contributed by atoms with van der Waals surface area (Å²) in [6, 6.07) is 2.33. The predicted molar refractivity (Wildman–Crippen MR) is 81.2 cm³/mol. The molecule has 1 N–H and O–H groups in total. The Morgan fingerprint density at radius 2 is 1.94 bits per heavy atom. The summed E-state index contributed by atoms with van der Waals surface area (Å²) in [4.78, 5) is 2.91. The number of hydrogen-bond acceptors (Lipinski definition) is 2. The van der Waals surface area contributed by atoms with Crippen LogP contribution in [0.25, 0.3) is 0 Å². The van der Waals surface area contributed by atoms with Crippen molar-refractivity contribution in [2.24, 2.45) is 11.8 Å². The Morgan fingerprint density at radius 3 is 2.56 bits per heavy atom. The van der Waals surface area contributed by atoms with Crippen molar-refractivity contribution < 1.29 is 0 Å². The molecule has 0 amide bonds. The van der Waals surface area contributed by atoms with Crippen molar-refractivity contribution in [1.29, 1.82) is 0 Å². The lowest BCUT2D eigenvalue weighted by molar-refractivity contribution is 0.275. The second kappa shape index (κ2) is 6.72. The summed E-state index contributed by atoms with van der Waals surface area (Å²) in [5, 5.41) is 3.62. The van der Waals surface area contributed by atoms with Crippen molar-refractivity contribution in [2.75, 3.05) is 6.54 Å². The average Bonchev–Trinajstić information content (AvgIpc) is 2.66. The highest BCUT2D eigenvalue weighted by atomic mass is 32.1. The van der Waals surface area contributed by atoms with Crippen LogP contribution in [0.2, 0.25) is 0 Å². The van der Waals surface area contributed by atoms with E-state index in [9.17, 15) is 0 Å². The van der Waals surface area contributed by atoms with Gasteiger partial charge in [-0.15, -0.1) is 11.3 Å². The van der Waals surface area contributed by atoms with Gasteiger partial charge in [-0.1, -0.05) is 32.6 Å². The fourth-order valence-corrected chi connectivity index (χ4v) is 3.95. The molecule has 0 saturated heterocycles. The zero-order chi connectivity index (χ0) is 13.0. The molecule has 1 aliphatic carbocycles. The SMILES string of the molecule is Cc1cc(CNCCC2CCC(C)CC2)c(C)s1.